The van der Waals surface area contributed by atoms with Crippen LogP contribution in [0.15, 0.2) is 0 Å². The lowest BCUT2D eigenvalue weighted by Gasteiger charge is -2.30. The van der Waals surface area contributed by atoms with Crippen molar-refractivity contribution >= 4 is 22.1 Å². The standard InChI is InChI=1S/C12H21N3O5S/c16-11-10(3-1-2-6-13-11)14-21(19,20)15-7-4-9(5-8-15)12(17)18/h9-10,14H,1-8H2,(H,13,16)(H,17,18). The maximum atomic E-state index is 12.3. The van der Waals surface area contributed by atoms with E-state index in [0.29, 0.717) is 25.8 Å². The van der Waals surface area contributed by atoms with E-state index in [1.807, 2.05) is 0 Å². The number of carbonyl (C=O) groups excluding carboxylic acids is 1. The molecule has 1 amide bonds. The largest absolute Gasteiger partial charge is 0.481 e. The Hall–Kier alpha value is -1.19. The summed E-state index contributed by atoms with van der Waals surface area (Å²) in [4.78, 5) is 22.7. The number of hydrogen-bond acceptors (Lipinski definition) is 4. The van der Waals surface area contributed by atoms with E-state index in [2.05, 4.69) is 10.0 Å². The Morgan fingerprint density at radius 1 is 1.24 bits per heavy atom. The fourth-order valence-corrected chi connectivity index (χ4v) is 4.07. The number of aliphatic carboxylic acids is 1. The molecule has 0 spiro atoms. The van der Waals surface area contributed by atoms with Crippen LogP contribution < -0.4 is 10.0 Å². The molecule has 1 atom stereocenters. The molecule has 2 fully saturated rings. The first-order valence-electron chi connectivity index (χ1n) is 7.18. The van der Waals surface area contributed by atoms with Crippen molar-refractivity contribution < 1.29 is 23.1 Å². The third-order valence-corrected chi connectivity index (χ3v) is 5.60. The molecule has 2 aliphatic rings. The highest BCUT2D eigenvalue weighted by Gasteiger charge is 2.34. The van der Waals surface area contributed by atoms with Gasteiger partial charge in [-0.3, -0.25) is 9.59 Å². The van der Waals surface area contributed by atoms with Gasteiger partial charge in [-0.15, -0.1) is 0 Å². The Morgan fingerprint density at radius 2 is 1.90 bits per heavy atom. The molecule has 120 valence electrons. The first kappa shape index (κ1) is 16.2. The average molecular weight is 319 g/mol. The van der Waals surface area contributed by atoms with Gasteiger partial charge in [0.05, 0.1) is 5.92 Å². The number of carboxylic acids is 1. The number of nitrogens with zero attached hydrogens (tertiary/aromatic N) is 1. The molecule has 1 unspecified atom stereocenters. The monoisotopic (exact) mass is 319 g/mol. The molecule has 21 heavy (non-hydrogen) atoms. The summed E-state index contributed by atoms with van der Waals surface area (Å²) in [7, 11) is -3.75. The molecule has 2 rings (SSSR count). The predicted molar refractivity (Wildman–Crippen MR) is 74.6 cm³/mol. The summed E-state index contributed by atoms with van der Waals surface area (Å²) in [6.07, 6.45) is 2.71. The van der Waals surface area contributed by atoms with E-state index in [0.717, 1.165) is 12.8 Å². The molecule has 9 heteroatoms. The van der Waals surface area contributed by atoms with Crippen LogP contribution in [-0.2, 0) is 19.8 Å². The van der Waals surface area contributed by atoms with Gasteiger partial charge < -0.3 is 10.4 Å². The first-order valence-corrected chi connectivity index (χ1v) is 8.62. The van der Waals surface area contributed by atoms with Gasteiger partial charge in [-0.2, -0.15) is 17.4 Å². The molecule has 0 aromatic heterocycles. The molecule has 2 heterocycles. The Labute approximate surface area is 124 Å². The third-order valence-electron chi connectivity index (χ3n) is 3.97. The van der Waals surface area contributed by atoms with E-state index >= 15 is 0 Å². The summed E-state index contributed by atoms with van der Waals surface area (Å²) in [5.41, 5.74) is 0. The number of rotatable bonds is 4. The summed E-state index contributed by atoms with van der Waals surface area (Å²) in [5.74, 6) is -1.67. The van der Waals surface area contributed by atoms with Crippen molar-refractivity contribution in [1.29, 1.82) is 0 Å². The molecule has 2 aliphatic heterocycles. The highest BCUT2D eigenvalue weighted by molar-refractivity contribution is 7.87. The third kappa shape index (κ3) is 4.14. The van der Waals surface area contributed by atoms with Crippen LogP contribution in [-0.4, -0.2) is 55.4 Å². The summed E-state index contributed by atoms with van der Waals surface area (Å²) in [6.45, 7) is 0.905. The van der Waals surface area contributed by atoms with Gasteiger partial charge >= 0.3 is 5.97 Å². The van der Waals surface area contributed by atoms with Crippen molar-refractivity contribution in [2.75, 3.05) is 19.6 Å². The van der Waals surface area contributed by atoms with E-state index in [9.17, 15) is 18.0 Å². The van der Waals surface area contributed by atoms with E-state index in [1.54, 1.807) is 0 Å². The number of nitrogens with one attached hydrogen (secondary N) is 2. The van der Waals surface area contributed by atoms with Gasteiger partial charge in [-0.05, 0) is 32.1 Å². The first-order chi connectivity index (χ1) is 9.90. The minimum Gasteiger partial charge on any atom is -0.481 e. The van der Waals surface area contributed by atoms with E-state index in [4.69, 9.17) is 5.11 Å². The second-order valence-electron chi connectivity index (χ2n) is 5.47. The van der Waals surface area contributed by atoms with Crippen molar-refractivity contribution in [1.82, 2.24) is 14.3 Å². The maximum absolute atomic E-state index is 12.3. The molecule has 0 bridgehead atoms. The van der Waals surface area contributed by atoms with Gasteiger partial charge in [0.1, 0.15) is 6.04 Å². The minimum absolute atomic E-state index is 0.167. The Morgan fingerprint density at radius 3 is 2.52 bits per heavy atom. The zero-order valence-corrected chi connectivity index (χ0v) is 12.6. The Bertz CT molecular complexity index is 499. The number of carboxylic acid groups (broad SMARTS) is 1. The van der Waals surface area contributed by atoms with Crippen molar-refractivity contribution in [2.45, 2.75) is 38.1 Å². The van der Waals surface area contributed by atoms with Gasteiger partial charge in [-0.1, -0.05) is 0 Å². The minimum atomic E-state index is -3.75. The van der Waals surface area contributed by atoms with Crippen LogP contribution in [0, 0.1) is 5.92 Å². The topological polar surface area (TPSA) is 116 Å². The second-order valence-corrected chi connectivity index (χ2v) is 7.18. The van der Waals surface area contributed by atoms with E-state index in [1.165, 1.54) is 4.31 Å². The highest BCUT2D eigenvalue weighted by Crippen LogP contribution is 2.19. The molecule has 0 saturated carbocycles. The molecule has 3 N–H and O–H groups in total. The normalized spacial score (nSPS) is 26.1. The van der Waals surface area contributed by atoms with Gasteiger partial charge in [0.15, 0.2) is 0 Å². The van der Waals surface area contributed by atoms with Crippen molar-refractivity contribution in [3.63, 3.8) is 0 Å². The molecule has 0 aromatic rings. The zero-order valence-electron chi connectivity index (χ0n) is 11.7. The number of piperidine rings is 1. The van der Waals surface area contributed by atoms with E-state index in [-0.39, 0.29) is 19.0 Å². The van der Waals surface area contributed by atoms with Crippen LogP contribution in [0.25, 0.3) is 0 Å². The highest BCUT2D eigenvalue weighted by atomic mass is 32.2. The maximum Gasteiger partial charge on any atom is 0.306 e. The zero-order chi connectivity index (χ0) is 15.5. The van der Waals surface area contributed by atoms with E-state index < -0.39 is 28.1 Å². The van der Waals surface area contributed by atoms with Crippen LogP contribution in [0.2, 0.25) is 0 Å². The van der Waals surface area contributed by atoms with Crippen molar-refractivity contribution in [2.24, 2.45) is 5.92 Å². The molecule has 8 nitrogen and oxygen atoms in total. The van der Waals surface area contributed by atoms with Gasteiger partial charge in [-0.25, -0.2) is 0 Å². The fraction of sp³-hybridized carbons (Fsp3) is 0.833. The van der Waals surface area contributed by atoms with Gasteiger partial charge in [0, 0.05) is 19.6 Å². The average Bonchev–Trinajstić information content (AvgIpc) is 2.64. The summed E-state index contributed by atoms with van der Waals surface area (Å²) in [6, 6.07) is -0.741. The van der Waals surface area contributed by atoms with Crippen LogP contribution >= 0.6 is 0 Å². The fourth-order valence-electron chi connectivity index (χ4n) is 2.65. The number of carbonyl (C=O) groups is 2. The van der Waals surface area contributed by atoms with Crippen LogP contribution in [0.5, 0.6) is 0 Å². The Balaban J connectivity index is 1.95. The van der Waals surface area contributed by atoms with Crippen LogP contribution in [0.3, 0.4) is 0 Å². The van der Waals surface area contributed by atoms with Crippen LogP contribution in [0.4, 0.5) is 0 Å². The van der Waals surface area contributed by atoms with Crippen molar-refractivity contribution in [3.8, 4) is 0 Å². The van der Waals surface area contributed by atoms with Gasteiger partial charge in [0.25, 0.3) is 10.2 Å². The second kappa shape index (κ2) is 6.71. The number of amides is 1. The predicted octanol–water partition coefficient (Wildman–Crippen LogP) is -0.714. The SMILES string of the molecule is O=C(O)C1CCN(S(=O)(=O)NC2CCCCNC2=O)CC1. The van der Waals surface area contributed by atoms with Crippen molar-refractivity contribution in [3.05, 3.63) is 0 Å². The molecular weight excluding hydrogens is 298 g/mol. The summed E-state index contributed by atoms with van der Waals surface area (Å²) in [5, 5.41) is 11.6. The lowest BCUT2D eigenvalue weighted by atomic mass is 9.99. The molecule has 0 aromatic carbocycles. The molecular formula is C12H21N3O5S. The summed E-state index contributed by atoms with van der Waals surface area (Å²) >= 11 is 0. The molecule has 2 saturated heterocycles. The molecule has 0 aliphatic carbocycles. The quantitative estimate of drug-likeness (QED) is 0.633. The molecule has 0 radical (unpaired) electrons. The lowest BCUT2D eigenvalue weighted by Crippen LogP contribution is -2.52. The number of hydrogen-bond donors (Lipinski definition) is 3. The lowest BCUT2D eigenvalue weighted by molar-refractivity contribution is -0.142. The van der Waals surface area contributed by atoms with Crippen LogP contribution in [0.1, 0.15) is 32.1 Å². The smallest absolute Gasteiger partial charge is 0.306 e. The van der Waals surface area contributed by atoms with Gasteiger partial charge in [0.2, 0.25) is 5.91 Å². The Kier molecular flexibility index (Phi) is 5.17. The summed E-state index contributed by atoms with van der Waals surface area (Å²) < 4.78 is 28.2.